The molecule has 1 atom stereocenters. The van der Waals surface area contributed by atoms with E-state index < -0.39 is 12.2 Å². The van der Waals surface area contributed by atoms with Gasteiger partial charge < -0.3 is 15.8 Å². The molecule has 1 aromatic rings. The highest BCUT2D eigenvalue weighted by Crippen LogP contribution is 2.31. The van der Waals surface area contributed by atoms with Gasteiger partial charge in [0.1, 0.15) is 22.4 Å². The van der Waals surface area contributed by atoms with Crippen LogP contribution in [0.4, 0.5) is 10.1 Å². The minimum atomic E-state index is -1.09. The quantitative estimate of drug-likeness (QED) is 0.632. The topological polar surface area (TPSA) is 60.2 Å². The number of nitrogen functional groups attached to an aromatic ring is 1. The van der Waals surface area contributed by atoms with Crippen molar-refractivity contribution in [1.82, 2.24) is 10.3 Å². The molecule has 92 valence electrons. The van der Waals surface area contributed by atoms with Crippen LogP contribution in [0.3, 0.4) is 0 Å². The molecule has 0 bridgehead atoms. The highest BCUT2D eigenvalue weighted by atomic mass is 35.5. The van der Waals surface area contributed by atoms with Crippen LogP contribution < -0.4 is 11.1 Å². The van der Waals surface area contributed by atoms with Crippen LogP contribution in [-0.2, 0) is 10.3 Å². The van der Waals surface area contributed by atoms with Crippen molar-refractivity contribution < 1.29 is 9.13 Å². The Balaban J connectivity index is 2.46. The normalized spacial score (nSPS) is 24.5. The van der Waals surface area contributed by atoms with Crippen molar-refractivity contribution in [2.24, 2.45) is 0 Å². The molecule has 0 saturated carbocycles. The second-order valence-electron chi connectivity index (χ2n) is 3.86. The first-order valence-corrected chi connectivity index (χ1v) is 5.72. The summed E-state index contributed by atoms with van der Waals surface area (Å²) in [5.41, 5.74) is 5.42. The third kappa shape index (κ3) is 2.34. The summed E-state index contributed by atoms with van der Waals surface area (Å²) in [6.45, 7) is -0.295. The molecule has 1 fully saturated rings. The first kappa shape index (κ1) is 12.5. The standard InChI is InChI=1S/C10H11ClFN3OS/c11-9-7(1-6(13)2-14-9)10(4-12)5-16-3-8(17)15-10/h1-2H,3-5,13H2,(H,15,17). The Bertz CT molecular complexity index is 459. The van der Waals surface area contributed by atoms with Gasteiger partial charge in [0.05, 0.1) is 25.1 Å². The Hall–Kier alpha value is -0.980. The number of nitrogens with one attached hydrogen (secondary N) is 1. The van der Waals surface area contributed by atoms with Crippen molar-refractivity contribution in [1.29, 1.82) is 0 Å². The fraction of sp³-hybridized carbons (Fsp3) is 0.400. The molecule has 2 heterocycles. The number of morpholine rings is 1. The summed E-state index contributed by atoms with van der Waals surface area (Å²) < 4.78 is 18.6. The van der Waals surface area contributed by atoms with Crippen LogP contribution in [0.25, 0.3) is 0 Å². The molecule has 3 N–H and O–H groups in total. The first-order chi connectivity index (χ1) is 8.07. The van der Waals surface area contributed by atoms with E-state index in [-0.39, 0.29) is 18.4 Å². The molecule has 0 aromatic carbocycles. The van der Waals surface area contributed by atoms with Gasteiger partial charge in [0.25, 0.3) is 0 Å². The van der Waals surface area contributed by atoms with E-state index in [1.165, 1.54) is 6.20 Å². The van der Waals surface area contributed by atoms with Gasteiger partial charge in [0.15, 0.2) is 0 Å². The van der Waals surface area contributed by atoms with Crippen LogP contribution in [-0.4, -0.2) is 29.9 Å². The number of halogens is 2. The molecular weight excluding hydrogens is 265 g/mol. The lowest BCUT2D eigenvalue weighted by atomic mass is 9.92. The minimum absolute atomic E-state index is 0.133. The number of thiocarbonyl (C=S) groups is 1. The molecule has 2 rings (SSSR count). The molecule has 1 aliphatic rings. The van der Waals surface area contributed by atoms with Crippen molar-refractivity contribution in [2.45, 2.75) is 5.54 Å². The molecule has 4 nitrogen and oxygen atoms in total. The summed E-state index contributed by atoms with van der Waals surface area (Å²) in [6, 6.07) is 1.58. The van der Waals surface area contributed by atoms with Crippen molar-refractivity contribution in [3.63, 3.8) is 0 Å². The molecular formula is C10H11ClFN3OS. The molecule has 0 amide bonds. The highest BCUT2D eigenvalue weighted by molar-refractivity contribution is 7.80. The Morgan fingerprint density at radius 3 is 3.12 bits per heavy atom. The number of rotatable bonds is 2. The maximum absolute atomic E-state index is 13.4. The summed E-state index contributed by atoms with van der Waals surface area (Å²) in [4.78, 5) is 4.34. The van der Waals surface area contributed by atoms with Gasteiger partial charge in [-0.05, 0) is 6.07 Å². The second kappa shape index (κ2) is 4.72. The van der Waals surface area contributed by atoms with E-state index in [1.54, 1.807) is 6.07 Å². The molecule has 1 aromatic heterocycles. The van der Waals surface area contributed by atoms with Crippen LogP contribution in [0.15, 0.2) is 12.3 Å². The van der Waals surface area contributed by atoms with Gasteiger partial charge in [-0.25, -0.2) is 9.37 Å². The maximum atomic E-state index is 13.4. The average molecular weight is 276 g/mol. The molecule has 1 unspecified atom stereocenters. The van der Waals surface area contributed by atoms with Gasteiger partial charge in [-0.3, -0.25) is 0 Å². The SMILES string of the molecule is Nc1cnc(Cl)c(C2(CF)COCC(=S)N2)c1. The predicted molar refractivity (Wildman–Crippen MR) is 67.9 cm³/mol. The van der Waals surface area contributed by atoms with Crippen LogP contribution in [0.2, 0.25) is 5.15 Å². The van der Waals surface area contributed by atoms with Crippen LogP contribution in [0.1, 0.15) is 5.56 Å². The second-order valence-corrected chi connectivity index (χ2v) is 4.71. The number of anilines is 1. The van der Waals surface area contributed by atoms with Gasteiger partial charge in [0, 0.05) is 5.56 Å². The zero-order valence-electron chi connectivity index (χ0n) is 8.87. The third-order valence-corrected chi connectivity index (χ3v) is 3.09. The van der Waals surface area contributed by atoms with E-state index >= 15 is 0 Å². The minimum Gasteiger partial charge on any atom is -0.397 e. The van der Waals surface area contributed by atoms with Crippen molar-refractivity contribution in [2.75, 3.05) is 25.6 Å². The lowest BCUT2D eigenvalue weighted by Crippen LogP contribution is -2.55. The summed E-state index contributed by atoms with van der Waals surface area (Å²) >= 11 is 11.0. The first-order valence-electron chi connectivity index (χ1n) is 4.93. The number of ether oxygens (including phenoxy) is 1. The van der Waals surface area contributed by atoms with Gasteiger partial charge in [-0.15, -0.1) is 0 Å². The van der Waals surface area contributed by atoms with Crippen molar-refractivity contribution in [3.8, 4) is 0 Å². The molecule has 17 heavy (non-hydrogen) atoms. The lowest BCUT2D eigenvalue weighted by Gasteiger charge is -2.37. The smallest absolute Gasteiger partial charge is 0.134 e. The number of aromatic nitrogens is 1. The van der Waals surface area contributed by atoms with Crippen LogP contribution >= 0.6 is 23.8 Å². The number of hydrogen-bond donors (Lipinski definition) is 2. The monoisotopic (exact) mass is 275 g/mol. The highest BCUT2D eigenvalue weighted by Gasteiger charge is 2.38. The summed E-state index contributed by atoms with van der Waals surface area (Å²) in [6.07, 6.45) is 1.42. The van der Waals surface area contributed by atoms with Gasteiger partial charge >= 0.3 is 0 Å². The zero-order valence-corrected chi connectivity index (χ0v) is 10.4. The average Bonchev–Trinajstić information content (AvgIpc) is 2.32. The van der Waals surface area contributed by atoms with E-state index in [4.69, 9.17) is 34.3 Å². The van der Waals surface area contributed by atoms with Gasteiger partial charge in [-0.2, -0.15) is 0 Å². The fourth-order valence-electron chi connectivity index (χ4n) is 1.75. The fourth-order valence-corrected chi connectivity index (χ4v) is 2.31. The molecule has 1 aliphatic heterocycles. The van der Waals surface area contributed by atoms with Crippen molar-refractivity contribution in [3.05, 3.63) is 23.0 Å². The number of pyridine rings is 1. The van der Waals surface area contributed by atoms with Crippen LogP contribution in [0, 0.1) is 0 Å². The number of hydrogen-bond acceptors (Lipinski definition) is 4. The predicted octanol–water partition coefficient (Wildman–Crippen LogP) is 1.43. The molecule has 0 spiro atoms. The Kier molecular flexibility index (Phi) is 3.46. The maximum Gasteiger partial charge on any atom is 0.134 e. The summed E-state index contributed by atoms with van der Waals surface area (Å²) in [5, 5.41) is 3.11. The lowest BCUT2D eigenvalue weighted by molar-refractivity contribution is 0.0631. The third-order valence-electron chi connectivity index (χ3n) is 2.56. The van der Waals surface area contributed by atoms with Crippen LogP contribution in [0.5, 0.6) is 0 Å². The van der Waals surface area contributed by atoms with E-state index in [9.17, 15) is 4.39 Å². The summed E-state index contributed by atoms with van der Waals surface area (Å²) in [5.74, 6) is 0. The Morgan fingerprint density at radius 2 is 2.47 bits per heavy atom. The Labute approximate surface area is 108 Å². The molecule has 7 heteroatoms. The number of nitrogens with zero attached hydrogens (tertiary/aromatic N) is 1. The molecule has 1 saturated heterocycles. The van der Waals surface area contributed by atoms with E-state index in [0.29, 0.717) is 16.2 Å². The van der Waals surface area contributed by atoms with E-state index in [2.05, 4.69) is 10.3 Å². The van der Waals surface area contributed by atoms with E-state index in [0.717, 1.165) is 0 Å². The molecule has 0 aliphatic carbocycles. The summed E-state index contributed by atoms with van der Waals surface area (Å²) in [7, 11) is 0. The number of alkyl halides is 1. The molecule has 0 radical (unpaired) electrons. The number of nitrogens with two attached hydrogens (primary N) is 1. The van der Waals surface area contributed by atoms with Gasteiger partial charge in [-0.1, -0.05) is 23.8 Å². The largest absolute Gasteiger partial charge is 0.397 e. The Morgan fingerprint density at radius 1 is 1.71 bits per heavy atom. The van der Waals surface area contributed by atoms with Crippen molar-refractivity contribution >= 4 is 34.5 Å². The zero-order chi connectivity index (χ0) is 12.5. The van der Waals surface area contributed by atoms with Gasteiger partial charge in [0.2, 0.25) is 0 Å². The van der Waals surface area contributed by atoms with E-state index in [1.807, 2.05) is 0 Å².